The highest BCUT2D eigenvalue weighted by Gasteiger charge is 2.30. The standard InChI is InChI=1S/C29H32N4O2S/c1-18(2)35-26-10-7-21(15-20(26)11-13-30)28-31-16-27(36-28)24-6-4-5-23-22(24)8-9-25(23)32-29(34)33-14-12-19(3)17-33/h4-7,10,15-16,18-19,25H,8-9,12,14,17,30H2,1-3H3,(H,32,34). The fraction of sp³-hybridized carbons (Fsp3) is 0.379. The number of hydrogen-bond acceptors (Lipinski definition) is 5. The first-order valence-electron chi connectivity index (χ1n) is 12.6. The first-order chi connectivity index (χ1) is 17.4. The molecule has 2 amide bonds. The maximum Gasteiger partial charge on any atom is 0.317 e. The van der Waals surface area contributed by atoms with Gasteiger partial charge in [0.2, 0.25) is 0 Å². The number of ether oxygens (including phenoxy) is 1. The number of hydrogen-bond donors (Lipinski definition) is 2. The minimum atomic E-state index is 0.0494. The van der Waals surface area contributed by atoms with Crippen LogP contribution < -0.4 is 15.8 Å². The van der Waals surface area contributed by atoms with Crippen molar-refractivity contribution in [1.82, 2.24) is 15.2 Å². The van der Waals surface area contributed by atoms with Gasteiger partial charge in [-0.15, -0.1) is 11.3 Å². The second kappa shape index (κ2) is 10.2. The third-order valence-corrected chi connectivity index (χ3v) is 7.93. The van der Waals surface area contributed by atoms with Crippen LogP contribution in [0.5, 0.6) is 5.75 Å². The summed E-state index contributed by atoms with van der Waals surface area (Å²) in [5.41, 5.74) is 11.0. The maximum atomic E-state index is 12.8. The van der Waals surface area contributed by atoms with Crippen LogP contribution >= 0.6 is 11.3 Å². The lowest BCUT2D eigenvalue weighted by atomic mass is 10.0. The van der Waals surface area contributed by atoms with Gasteiger partial charge in [0.25, 0.3) is 0 Å². The van der Waals surface area contributed by atoms with E-state index in [0.717, 1.165) is 59.1 Å². The number of aromatic nitrogens is 1. The second-order valence-electron chi connectivity index (χ2n) is 9.93. The summed E-state index contributed by atoms with van der Waals surface area (Å²) in [7, 11) is 0. The normalized spacial score (nSPS) is 18.6. The lowest BCUT2D eigenvalue weighted by molar-refractivity contribution is 0.203. The van der Waals surface area contributed by atoms with Crippen molar-refractivity contribution in [3.05, 3.63) is 59.3 Å². The minimum absolute atomic E-state index is 0.0494. The van der Waals surface area contributed by atoms with E-state index in [-0.39, 0.29) is 18.2 Å². The summed E-state index contributed by atoms with van der Waals surface area (Å²) in [6, 6.07) is 14.9. The van der Waals surface area contributed by atoms with Crippen molar-refractivity contribution >= 4 is 17.4 Å². The molecule has 0 saturated carbocycles. The van der Waals surface area contributed by atoms with E-state index in [1.807, 2.05) is 43.1 Å². The topological polar surface area (TPSA) is 80.5 Å². The zero-order chi connectivity index (χ0) is 25.2. The summed E-state index contributed by atoms with van der Waals surface area (Å²) in [5.74, 6) is 4.25. The highest BCUT2D eigenvalue weighted by molar-refractivity contribution is 7.18. The van der Waals surface area contributed by atoms with E-state index in [0.29, 0.717) is 5.92 Å². The average molecular weight is 501 g/mol. The molecule has 1 fully saturated rings. The van der Waals surface area contributed by atoms with Gasteiger partial charge in [0.1, 0.15) is 10.8 Å². The van der Waals surface area contributed by atoms with Gasteiger partial charge in [-0.25, -0.2) is 9.78 Å². The van der Waals surface area contributed by atoms with Gasteiger partial charge in [-0.3, -0.25) is 0 Å². The predicted octanol–water partition coefficient (Wildman–Crippen LogP) is 5.57. The highest BCUT2D eigenvalue weighted by atomic mass is 32.1. The van der Waals surface area contributed by atoms with Gasteiger partial charge in [0.15, 0.2) is 0 Å². The number of benzene rings is 2. The lowest BCUT2D eigenvalue weighted by Gasteiger charge is -2.21. The number of thiazole rings is 1. The summed E-state index contributed by atoms with van der Waals surface area (Å²) >= 11 is 1.66. The van der Waals surface area contributed by atoms with Gasteiger partial charge < -0.3 is 20.7 Å². The Balaban J connectivity index is 1.38. The number of likely N-dealkylation sites (tertiary alicyclic amines) is 1. The Morgan fingerprint density at radius 2 is 2.14 bits per heavy atom. The number of amides is 2. The van der Waals surface area contributed by atoms with Gasteiger partial charge in [-0.2, -0.15) is 0 Å². The first kappa shape index (κ1) is 24.2. The smallest absolute Gasteiger partial charge is 0.317 e. The van der Waals surface area contributed by atoms with Crippen molar-refractivity contribution in [2.45, 2.75) is 52.2 Å². The van der Waals surface area contributed by atoms with Gasteiger partial charge >= 0.3 is 6.03 Å². The zero-order valence-electron chi connectivity index (χ0n) is 21.0. The van der Waals surface area contributed by atoms with Crippen LogP contribution in [0.3, 0.4) is 0 Å². The second-order valence-corrected chi connectivity index (χ2v) is 11.0. The van der Waals surface area contributed by atoms with E-state index in [1.54, 1.807) is 11.3 Å². The third-order valence-electron chi connectivity index (χ3n) is 6.85. The molecular weight excluding hydrogens is 468 g/mol. The van der Waals surface area contributed by atoms with E-state index < -0.39 is 0 Å². The van der Waals surface area contributed by atoms with E-state index >= 15 is 0 Å². The molecule has 5 rings (SSSR count). The SMILES string of the molecule is CC1CCN(C(=O)NC2CCc3c(-c4cnc(-c5ccc(OC(C)C)c(C#CN)c5)s4)cccc32)C1. The molecule has 3 aromatic rings. The summed E-state index contributed by atoms with van der Waals surface area (Å²) in [4.78, 5) is 20.6. The molecule has 0 bridgehead atoms. The summed E-state index contributed by atoms with van der Waals surface area (Å²) in [6.45, 7) is 7.87. The number of urea groups is 1. The molecule has 0 radical (unpaired) electrons. The highest BCUT2D eigenvalue weighted by Crippen LogP contribution is 2.41. The molecule has 186 valence electrons. The largest absolute Gasteiger partial charge is 0.490 e. The maximum absolute atomic E-state index is 12.8. The number of nitrogens with two attached hydrogens (primary N) is 1. The van der Waals surface area contributed by atoms with Crippen LogP contribution in [0.25, 0.3) is 21.0 Å². The van der Waals surface area contributed by atoms with Crippen molar-refractivity contribution < 1.29 is 9.53 Å². The number of carbonyl (C=O) groups is 1. The van der Waals surface area contributed by atoms with Crippen LogP contribution in [0.1, 0.15) is 56.3 Å². The molecular formula is C29H32N4O2S. The van der Waals surface area contributed by atoms with Crippen LogP contribution in [-0.2, 0) is 6.42 Å². The first-order valence-corrected chi connectivity index (χ1v) is 13.4. The van der Waals surface area contributed by atoms with Gasteiger partial charge in [0, 0.05) is 30.9 Å². The molecule has 1 aliphatic heterocycles. The van der Waals surface area contributed by atoms with Crippen molar-refractivity contribution in [3.63, 3.8) is 0 Å². The Morgan fingerprint density at radius 3 is 2.89 bits per heavy atom. The van der Waals surface area contributed by atoms with Crippen LogP contribution in [0.4, 0.5) is 4.79 Å². The van der Waals surface area contributed by atoms with Gasteiger partial charge in [-0.05, 0) is 79.8 Å². The number of carbonyl (C=O) groups excluding carboxylic acids is 1. The lowest BCUT2D eigenvalue weighted by Crippen LogP contribution is -2.39. The van der Waals surface area contributed by atoms with E-state index in [2.05, 4.69) is 42.4 Å². The quantitative estimate of drug-likeness (QED) is 0.354. The number of fused-ring (bicyclic) bond motifs is 1. The molecule has 2 unspecified atom stereocenters. The van der Waals surface area contributed by atoms with Crippen molar-refractivity contribution in [2.75, 3.05) is 13.1 Å². The molecule has 1 aliphatic carbocycles. The molecule has 3 N–H and O–H groups in total. The van der Waals surface area contributed by atoms with Crippen LogP contribution in [0.2, 0.25) is 0 Å². The van der Waals surface area contributed by atoms with Crippen molar-refractivity contribution in [1.29, 1.82) is 0 Å². The van der Waals surface area contributed by atoms with Crippen LogP contribution in [0.15, 0.2) is 42.6 Å². The Kier molecular flexibility index (Phi) is 6.88. The summed E-state index contributed by atoms with van der Waals surface area (Å²) in [5, 5.41) is 4.21. The molecule has 2 aliphatic rings. The molecule has 36 heavy (non-hydrogen) atoms. The fourth-order valence-electron chi connectivity index (χ4n) is 5.12. The predicted molar refractivity (Wildman–Crippen MR) is 145 cm³/mol. The van der Waals surface area contributed by atoms with Crippen molar-refractivity contribution in [2.24, 2.45) is 11.7 Å². The Morgan fingerprint density at radius 1 is 1.28 bits per heavy atom. The number of nitrogens with zero attached hydrogens (tertiary/aromatic N) is 2. The van der Waals surface area contributed by atoms with E-state index in [4.69, 9.17) is 15.5 Å². The summed E-state index contributed by atoms with van der Waals surface area (Å²) < 4.78 is 5.88. The molecule has 7 heteroatoms. The fourth-order valence-corrected chi connectivity index (χ4v) is 6.09. The molecule has 6 nitrogen and oxygen atoms in total. The number of nitrogens with one attached hydrogen (secondary N) is 1. The Hall–Kier alpha value is -3.50. The summed E-state index contributed by atoms with van der Waals surface area (Å²) in [6.07, 6.45) is 4.94. The Labute approximate surface area is 216 Å². The molecule has 0 spiro atoms. The number of rotatable bonds is 5. The Bertz CT molecular complexity index is 1340. The average Bonchev–Trinajstić information content (AvgIpc) is 3.60. The van der Waals surface area contributed by atoms with E-state index in [1.165, 1.54) is 16.7 Å². The van der Waals surface area contributed by atoms with Crippen LogP contribution in [-0.4, -0.2) is 35.1 Å². The molecule has 2 atom stereocenters. The monoisotopic (exact) mass is 500 g/mol. The molecule has 2 heterocycles. The zero-order valence-corrected chi connectivity index (χ0v) is 21.8. The van der Waals surface area contributed by atoms with Crippen LogP contribution in [0, 0.1) is 17.9 Å². The van der Waals surface area contributed by atoms with Gasteiger partial charge in [0.05, 0.1) is 22.6 Å². The molecule has 1 aromatic heterocycles. The molecule has 1 saturated heterocycles. The third kappa shape index (κ3) is 4.91. The molecule has 2 aromatic carbocycles. The van der Waals surface area contributed by atoms with E-state index in [9.17, 15) is 4.79 Å². The van der Waals surface area contributed by atoms with Gasteiger partial charge in [-0.1, -0.05) is 25.1 Å². The van der Waals surface area contributed by atoms with Crippen molar-refractivity contribution in [3.8, 4) is 38.7 Å². The minimum Gasteiger partial charge on any atom is -0.490 e.